The molecule has 0 aliphatic rings. The Morgan fingerprint density at radius 2 is 1.44 bits per heavy atom. The summed E-state index contributed by atoms with van der Waals surface area (Å²) in [5.41, 5.74) is 10.9. The van der Waals surface area contributed by atoms with Gasteiger partial charge in [0.2, 0.25) is 0 Å². The van der Waals surface area contributed by atoms with Crippen LogP contribution in [0.1, 0.15) is 25.7 Å². The van der Waals surface area contributed by atoms with Gasteiger partial charge in [-0.3, -0.25) is 0 Å². The van der Waals surface area contributed by atoms with Gasteiger partial charge in [-0.1, -0.05) is 0 Å². The number of rotatable bonds is 11. The zero-order chi connectivity index (χ0) is 12.3. The molecule has 0 bridgehead atoms. The lowest BCUT2D eigenvalue weighted by molar-refractivity contribution is 0.0960. The molecule has 0 atom stereocenters. The van der Waals surface area contributed by atoms with Crippen LogP contribution < -0.4 is 11.5 Å². The second kappa shape index (κ2) is 10.2. The Labute approximate surface area is 99.8 Å². The molecule has 0 heterocycles. The summed E-state index contributed by atoms with van der Waals surface area (Å²) in [6.45, 7) is 2.06. The molecule has 0 aromatic carbocycles. The lowest BCUT2D eigenvalue weighted by atomic mass is 10.3. The third-order valence-electron chi connectivity index (χ3n) is 2.48. The molecule has 0 aliphatic heterocycles. The fourth-order valence-electron chi connectivity index (χ4n) is 1.44. The molecular formula is C10H26N2O3Si. The third-order valence-corrected chi connectivity index (χ3v) is 5.33. The van der Waals surface area contributed by atoms with Crippen LogP contribution in [0.5, 0.6) is 0 Å². The highest BCUT2D eigenvalue weighted by molar-refractivity contribution is 6.60. The van der Waals surface area contributed by atoms with E-state index in [0.717, 1.165) is 31.7 Å². The first-order chi connectivity index (χ1) is 7.74. The van der Waals surface area contributed by atoms with Crippen LogP contribution in [0.4, 0.5) is 0 Å². The first-order valence-corrected chi connectivity index (χ1v) is 7.82. The summed E-state index contributed by atoms with van der Waals surface area (Å²) in [7, 11) is 0.881. The minimum absolute atomic E-state index is 0.660. The van der Waals surface area contributed by atoms with Gasteiger partial charge in [-0.05, 0) is 38.8 Å². The highest BCUT2D eigenvalue weighted by Crippen LogP contribution is 2.17. The van der Waals surface area contributed by atoms with E-state index < -0.39 is 8.80 Å². The topological polar surface area (TPSA) is 79.7 Å². The van der Waals surface area contributed by atoms with Gasteiger partial charge in [-0.2, -0.15) is 0 Å². The number of hydrogen-bond acceptors (Lipinski definition) is 5. The Morgan fingerprint density at radius 1 is 0.875 bits per heavy atom. The fourth-order valence-corrected chi connectivity index (χ4v) is 3.53. The second-order valence-electron chi connectivity index (χ2n) is 3.68. The Kier molecular flexibility index (Phi) is 10.2. The summed E-state index contributed by atoms with van der Waals surface area (Å²) in [5.74, 6) is 0. The molecule has 0 aliphatic carbocycles. The molecule has 0 saturated carbocycles. The average molecular weight is 250 g/mol. The zero-order valence-corrected chi connectivity index (χ0v) is 11.5. The normalized spacial score (nSPS) is 12.0. The Bertz CT molecular complexity index is 157. The van der Waals surface area contributed by atoms with Crippen LogP contribution >= 0.6 is 0 Å². The van der Waals surface area contributed by atoms with E-state index in [0.29, 0.717) is 19.7 Å². The lowest BCUT2D eigenvalue weighted by Crippen LogP contribution is -2.44. The molecule has 4 N–H and O–H groups in total. The standard InChI is InChI=1S/C10H26N2O3Si/c1-13-16(14-2,10-6-4-8-12)15-9-5-3-7-11/h3-12H2,1-2H3. The Hall–Kier alpha value is 0.0169. The monoisotopic (exact) mass is 250 g/mol. The van der Waals surface area contributed by atoms with Crippen LogP contribution in [0.25, 0.3) is 0 Å². The van der Waals surface area contributed by atoms with Crippen LogP contribution in [0.15, 0.2) is 0 Å². The van der Waals surface area contributed by atoms with Crippen molar-refractivity contribution in [2.45, 2.75) is 31.7 Å². The van der Waals surface area contributed by atoms with Crippen LogP contribution in [-0.4, -0.2) is 42.7 Å². The largest absolute Gasteiger partial charge is 0.500 e. The molecule has 0 saturated heterocycles. The van der Waals surface area contributed by atoms with E-state index in [2.05, 4.69) is 0 Å². The lowest BCUT2D eigenvalue weighted by Gasteiger charge is -2.26. The van der Waals surface area contributed by atoms with Crippen LogP contribution in [0.2, 0.25) is 6.04 Å². The molecule has 0 unspecified atom stereocenters. The predicted molar refractivity (Wildman–Crippen MR) is 67.1 cm³/mol. The second-order valence-corrected chi connectivity index (χ2v) is 6.65. The molecule has 0 aromatic rings. The van der Waals surface area contributed by atoms with Crippen molar-refractivity contribution in [3.63, 3.8) is 0 Å². The molecule has 0 radical (unpaired) electrons. The molecule has 6 heteroatoms. The zero-order valence-electron chi connectivity index (χ0n) is 10.5. The Balaban J connectivity index is 3.90. The number of nitrogens with two attached hydrogens (primary N) is 2. The maximum Gasteiger partial charge on any atom is 0.500 e. The molecule has 98 valence electrons. The molecule has 0 amide bonds. The van der Waals surface area contributed by atoms with Crippen molar-refractivity contribution in [3.05, 3.63) is 0 Å². The average Bonchev–Trinajstić information content (AvgIpc) is 2.33. The van der Waals surface area contributed by atoms with Crippen molar-refractivity contribution in [2.24, 2.45) is 11.5 Å². The van der Waals surface area contributed by atoms with Crippen molar-refractivity contribution < 1.29 is 13.3 Å². The molecule has 16 heavy (non-hydrogen) atoms. The fraction of sp³-hybridized carbons (Fsp3) is 1.00. The minimum Gasteiger partial charge on any atom is -0.377 e. The van der Waals surface area contributed by atoms with Gasteiger partial charge in [0.1, 0.15) is 0 Å². The van der Waals surface area contributed by atoms with E-state index >= 15 is 0 Å². The molecule has 0 fully saturated rings. The van der Waals surface area contributed by atoms with E-state index in [4.69, 9.17) is 24.7 Å². The van der Waals surface area contributed by atoms with E-state index in [1.807, 2.05) is 0 Å². The summed E-state index contributed by atoms with van der Waals surface area (Å²) in [5, 5.41) is 0. The van der Waals surface area contributed by atoms with Crippen molar-refractivity contribution in [1.29, 1.82) is 0 Å². The van der Waals surface area contributed by atoms with E-state index in [1.54, 1.807) is 14.2 Å². The van der Waals surface area contributed by atoms with Crippen LogP contribution in [0, 0.1) is 0 Å². The van der Waals surface area contributed by atoms with Crippen molar-refractivity contribution >= 4 is 8.80 Å². The van der Waals surface area contributed by atoms with Crippen molar-refractivity contribution in [3.8, 4) is 0 Å². The third kappa shape index (κ3) is 6.57. The summed E-state index contributed by atoms with van der Waals surface area (Å²) in [6.07, 6.45) is 3.89. The van der Waals surface area contributed by atoms with E-state index in [-0.39, 0.29) is 0 Å². The van der Waals surface area contributed by atoms with Crippen molar-refractivity contribution in [2.75, 3.05) is 33.9 Å². The van der Waals surface area contributed by atoms with Gasteiger partial charge < -0.3 is 24.7 Å². The quantitative estimate of drug-likeness (QED) is 0.417. The summed E-state index contributed by atoms with van der Waals surface area (Å²) >= 11 is 0. The summed E-state index contributed by atoms with van der Waals surface area (Å²) < 4.78 is 16.6. The van der Waals surface area contributed by atoms with Crippen LogP contribution in [-0.2, 0) is 13.3 Å². The van der Waals surface area contributed by atoms with E-state index in [1.165, 1.54) is 0 Å². The number of unbranched alkanes of at least 4 members (excludes halogenated alkanes) is 2. The molecule has 0 aromatic heterocycles. The van der Waals surface area contributed by atoms with E-state index in [9.17, 15) is 0 Å². The molecule has 5 nitrogen and oxygen atoms in total. The summed E-state index contributed by atoms with van der Waals surface area (Å²) in [4.78, 5) is 0. The van der Waals surface area contributed by atoms with Gasteiger partial charge in [0.15, 0.2) is 0 Å². The number of hydrogen-bond donors (Lipinski definition) is 2. The van der Waals surface area contributed by atoms with Gasteiger partial charge in [0, 0.05) is 26.9 Å². The van der Waals surface area contributed by atoms with Gasteiger partial charge in [0.05, 0.1) is 0 Å². The van der Waals surface area contributed by atoms with Crippen molar-refractivity contribution in [1.82, 2.24) is 0 Å². The van der Waals surface area contributed by atoms with Gasteiger partial charge in [-0.15, -0.1) is 0 Å². The highest BCUT2D eigenvalue weighted by Gasteiger charge is 2.37. The first kappa shape index (κ1) is 16.0. The Morgan fingerprint density at radius 3 is 1.94 bits per heavy atom. The predicted octanol–water partition coefficient (Wildman–Crippen LogP) is 0.713. The molecule has 0 rings (SSSR count). The summed E-state index contributed by atoms with van der Waals surface area (Å²) in [6, 6.07) is 0.833. The maximum atomic E-state index is 5.77. The van der Waals surface area contributed by atoms with Gasteiger partial charge in [0.25, 0.3) is 0 Å². The van der Waals surface area contributed by atoms with Gasteiger partial charge in [-0.25, -0.2) is 0 Å². The highest BCUT2D eigenvalue weighted by atomic mass is 28.4. The molecular weight excluding hydrogens is 224 g/mol. The SMILES string of the molecule is CO[Si](CCCCN)(OC)OCCCCN. The minimum atomic E-state index is -2.43. The van der Waals surface area contributed by atoms with Crippen LogP contribution in [0.3, 0.4) is 0 Å². The molecule has 0 spiro atoms. The maximum absolute atomic E-state index is 5.77. The first-order valence-electron chi connectivity index (χ1n) is 5.89. The smallest absolute Gasteiger partial charge is 0.377 e. The van der Waals surface area contributed by atoms with Gasteiger partial charge >= 0.3 is 8.80 Å².